The summed E-state index contributed by atoms with van der Waals surface area (Å²) in [5.74, 6) is -1.56. The molecule has 1 saturated heterocycles. The first-order chi connectivity index (χ1) is 13.1. The number of rotatable bonds is 6. The molecule has 3 nitrogen and oxygen atoms in total. The van der Waals surface area contributed by atoms with E-state index in [9.17, 15) is 13.6 Å². The zero-order valence-corrected chi connectivity index (χ0v) is 15.1. The standard InChI is InChI=1S/C22H23F2NO2/c23-18-9-8-17(13-19(18)24)22(26)25-11-10-21(27-14-16-6-7-16)20(25)12-15-4-2-1-3-5-15/h1-5,8-9,13,16,20-21H,6-7,10-12,14H2/t20-,21+/m0/s1. The number of nitrogens with zero attached hydrogens (tertiary/aromatic N) is 1. The third kappa shape index (κ3) is 4.19. The molecule has 5 heteroatoms. The second kappa shape index (κ2) is 7.77. The van der Waals surface area contributed by atoms with Crippen LogP contribution >= 0.6 is 0 Å². The van der Waals surface area contributed by atoms with Crippen LogP contribution in [0.1, 0.15) is 35.2 Å². The molecule has 1 amide bonds. The highest BCUT2D eigenvalue weighted by molar-refractivity contribution is 5.94. The molecule has 0 radical (unpaired) electrons. The van der Waals surface area contributed by atoms with Crippen LogP contribution in [0.2, 0.25) is 0 Å². The van der Waals surface area contributed by atoms with E-state index in [1.165, 1.54) is 18.9 Å². The lowest BCUT2D eigenvalue weighted by Crippen LogP contribution is -2.42. The molecular formula is C22H23F2NO2. The smallest absolute Gasteiger partial charge is 0.254 e. The second-order valence-electron chi connectivity index (χ2n) is 7.49. The van der Waals surface area contributed by atoms with E-state index in [-0.39, 0.29) is 23.6 Å². The molecule has 2 atom stereocenters. The summed E-state index contributed by atoms with van der Waals surface area (Å²) in [6.07, 6.45) is 3.85. The van der Waals surface area contributed by atoms with E-state index < -0.39 is 11.6 Å². The van der Waals surface area contributed by atoms with Gasteiger partial charge in [-0.05, 0) is 55.4 Å². The van der Waals surface area contributed by atoms with E-state index in [1.807, 2.05) is 30.3 Å². The Kier molecular flexibility index (Phi) is 5.21. The molecule has 2 aromatic rings. The van der Waals surface area contributed by atoms with E-state index in [1.54, 1.807) is 4.90 Å². The molecule has 27 heavy (non-hydrogen) atoms. The van der Waals surface area contributed by atoms with Crippen molar-refractivity contribution in [2.24, 2.45) is 5.92 Å². The Balaban J connectivity index is 1.54. The molecule has 0 spiro atoms. The van der Waals surface area contributed by atoms with E-state index in [2.05, 4.69) is 0 Å². The van der Waals surface area contributed by atoms with Gasteiger partial charge in [-0.15, -0.1) is 0 Å². The molecule has 2 fully saturated rings. The summed E-state index contributed by atoms with van der Waals surface area (Å²) in [5.41, 5.74) is 1.31. The maximum absolute atomic E-state index is 13.6. The Morgan fingerprint density at radius 2 is 1.81 bits per heavy atom. The first-order valence-corrected chi connectivity index (χ1v) is 9.53. The number of carbonyl (C=O) groups excluding carboxylic acids is 1. The van der Waals surface area contributed by atoms with E-state index in [0.717, 1.165) is 30.7 Å². The largest absolute Gasteiger partial charge is 0.376 e. The molecule has 2 aliphatic rings. The van der Waals surface area contributed by atoms with Gasteiger partial charge in [0.2, 0.25) is 0 Å². The minimum Gasteiger partial charge on any atom is -0.376 e. The van der Waals surface area contributed by atoms with Crippen LogP contribution in [0.25, 0.3) is 0 Å². The van der Waals surface area contributed by atoms with Crippen molar-refractivity contribution in [3.05, 3.63) is 71.3 Å². The van der Waals surface area contributed by atoms with Gasteiger partial charge in [-0.1, -0.05) is 30.3 Å². The minimum atomic E-state index is -0.999. The third-order valence-corrected chi connectivity index (χ3v) is 5.44. The predicted molar refractivity (Wildman–Crippen MR) is 98.4 cm³/mol. The van der Waals surface area contributed by atoms with Gasteiger partial charge in [-0.3, -0.25) is 4.79 Å². The fourth-order valence-corrected chi connectivity index (χ4v) is 3.71. The summed E-state index contributed by atoms with van der Waals surface area (Å²) in [6, 6.07) is 13.2. The Morgan fingerprint density at radius 3 is 2.52 bits per heavy atom. The Labute approximate surface area is 157 Å². The summed E-state index contributed by atoms with van der Waals surface area (Å²) in [5, 5.41) is 0. The molecule has 1 heterocycles. The fraction of sp³-hybridized carbons (Fsp3) is 0.409. The van der Waals surface area contributed by atoms with Crippen molar-refractivity contribution in [2.75, 3.05) is 13.2 Å². The van der Waals surface area contributed by atoms with Gasteiger partial charge in [0.05, 0.1) is 12.1 Å². The summed E-state index contributed by atoms with van der Waals surface area (Å²) < 4.78 is 33.0. The van der Waals surface area contributed by atoms with Crippen LogP contribution < -0.4 is 0 Å². The number of halogens is 2. The molecule has 0 unspecified atom stereocenters. The van der Waals surface area contributed by atoms with E-state index in [4.69, 9.17) is 4.74 Å². The number of carbonyl (C=O) groups is 1. The molecule has 0 bridgehead atoms. The maximum atomic E-state index is 13.6. The number of amides is 1. The maximum Gasteiger partial charge on any atom is 0.254 e. The second-order valence-corrected chi connectivity index (χ2v) is 7.49. The number of ether oxygens (including phenoxy) is 1. The van der Waals surface area contributed by atoms with Gasteiger partial charge in [-0.25, -0.2) is 8.78 Å². The lowest BCUT2D eigenvalue weighted by molar-refractivity contribution is 0.0200. The molecule has 1 saturated carbocycles. The zero-order valence-electron chi connectivity index (χ0n) is 15.1. The number of hydrogen-bond donors (Lipinski definition) is 0. The summed E-state index contributed by atoms with van der Waals surface area (Å²) in [7, 11) is 0. The van der Waals surface area contributed by atoms with Crippen LogP contribution in [0.15, 0.2) is 48.5 Å². The lowest BCUT2D eigenvalue weighted by atomic mass is 10.0. The first kappa shape index (κ1) is 18.1. The molecular weight excluding hydrogens is 348 g/mol. The zero-order chi connectivity index (χ0) is 18.8. The lowest BCUT2D eigenvalue weighted by Gasteiger charge is -2.28. The van der Waals surface area contributed by atoms with Crippen molar-refractivity contribution in [1.29, 1.82) is 0 Å². The summed E-state index contributed by atoms with van der Waals surface area (Å²) in [6.45, 7) is 1.30. The highest BCUT2D eigenvalue weighted by atomic mass is 19.2. The number of benzene rings is 2. The van der Waals surface area contributed by atoms with Crippen molar-refractivity contribution in [2.45, 2.75) is 37.8 Å². The van der Waals surface area contributed by atoms with Crippen LogP contribution in [0, 0.1) is 17.6 Å². The van der Waals surface area contributed by atoms with Gasteiger partial charge in [0.1, 0.15) is 0 Å². The van der Waals surface area contributed by atoms with Gasteiger partial charge >= 0.3 is 0 Å². The molecule has 4 rings (SSSR count). The van der Waals surface area contributed by atoms with Crippen LogP contribution in [-0.4, -0.2) is 36.1 Å². The summed E-state index contributed by atoms with van der Waals surface area (Å²) >= 11 is 0. The molecule has 1 aliphatic carbocycles. The monoisotopic (exact) mass is 371 g/mol. The average molecular weight is 371 g/mol. The molecule has 0 aromatic heterocycles. The minimum absolute atomic E-state index is 0.0277. The van der Waals surface area contributed by atoms with Crippen LogP contribution in [-0.2, 0) is 11.2 Å². The fourth-order valence-electron chi connectivity index (χ4n) is 3.71. The van der Waals surface area contributed by atoms with Gasteiger partial charge in [-0.2, -0.15) is 0 Å². The molecule has 0 N–H and O–H groups in total. The van der Waals surface area contributed by atoms with E-state index >= 15 is 0 Å². The quantitative estimate of drug-likeness (QED) is 0.761. The Bertz CT molecular complexity index is 807. The van der Waals surface area contributed by atoms with Gasteiger partial charge < -0.3 is 9.64 Å². The predicted octanol–water partition coefficient (Wildman–Crippen LogP) is 4.22. The molecule has 1 aliphatic heterocycles. The van der Waals surface area contributed by atoms with Gasteiger partial charge in [0, 0.05) is 18.7 Å². The van der Waals surface area contributed by atoms with Crippen molar-refractivity contribution in [3.63, 3.8) is 0 Å². The normalized spacial score (nSPS) is 22.2. The topological polar surface area (TPSA) is 29.5 Å². The first-order valence-electron chi connectivity index (χ1n) is 9.53. The number of hydrogen-bond acceptors (Lipinski definition) is 2. The van der Waals surface area contributed by atoms with Gasteiger partial charge in [0.25, 0.3) is 5.91 Å². The molecule has 2 aromatic carbocycles. The van der Waals surface area contributed by atoms with Crippen LogP contribution in [0.5, 0.6) is 0 Å². The highest BCUT2D eigenvalue weighted by Crippen LogP contribution is 2.32. The average Bonchev–Trinajstić information content (AvgIpc) is 3.43. The van der Waals surface area contributed by atoms with E-state index in [0.29, 0.717) is 18.9 Å². The Morgan fingerprint density at radius 1 is 1.04 bits per heavy atom. The van der Waals surface area contributed by atoms with Crippen molar-refractivity contribution < 1.29 is 18.3 Å². The Hall–Kier alpha value is -2.27. The van der Waals surface area contributed by atoms with Crippen molar-refractivity contribution in [1.82, 2.24) is 4.90 Å². The third-order valence-electron chi connectivity index (χ3n) is 5.44. The van der Waals surface area contributed by atoms with Crippen molar-refractivity contribution in [3.8, 4) is 0 Å². The van der Waals surface area contributed by atoms with Crippen LogP contribution in [0.3, 0.4) is 0 Å². The van der Waals surface area contributed by atoms with Crippen LogP contribution in [0.4, 0.5) is 8.78 Å². The summed E-state index contributed by atoms with van der Waals surface area (Å²) in [4.78, 5) is 14.7. The van der Waals surface area contributed by atoms with Crippen molar-refractivity contribution >= 4 is 5.91 Å². The number of likely N-dealkylation sites (tertiary alicyclic amines) is 1. The SMILES string of the molecule is O=C(c1ccc(F)c(F)c1)N1CC[C@@H](OCC2CC2)[C@@H]1Cc1ccccc1. The molecule has 142 valence electrons. The highest BCUT2D eigenvalue weighted by Gasteiger charge is 2.39. The van der Waals surface area contributed by atoms with Gasteiger partial charge in [0.15, 0.2) is 11.6 Å².